The van der Waals surface area contributed by atoms with E-state index in [1.807, 2.05) is 0 Å². The lowest BCUT2D eigenvalue weighted by molar-refractivity contribution is -0.0498. The summed E-state index contributed by atoms with van der Waals surface area (Å²) in [6, 6.07) is 11.8. The van der Waals surface area contributed by atoms with Crippen molar-refractivity contribution in [1.82, 2.24) is 0 Å². The zero-order valence-corrected chi connectivity index (χ0v) is 10.6. The average Bonchev–Trinajstić information content (AvgIpc) is 2.72. The maximum absolute atomic E-state index is 12.2. The van der Waals surface area contributed by atoms with E-state index in [4.69, 9.17) is 0 Å². The van der Waals surface area contributed by atoms with E-state index in [2.05, 4.69) is 4.74 Å². The molecule has 0 radical (unpaired) electrons. The van der Waals surface area contributed by atoms with Crippen LogP contribution in [0, 0.1) is 0 Å². The Hall–Kier alpha value is -2.76. The molecule has 0 saturated carbocycles. The van der Waals surface area contributed by atoms with E-state index in [0.717, 1.165) is 4.90 Å². The summed E-state index contributed by atoms with van der Waals surface area (Å²) < 4.78 is 28.4. The van der Waals surface area contributed by atoms with Gasteiger partial charge in [-0.25, -0.2) is 4.90 Å². The summed E-state index contributed by atoms with van der Waals surface area (Å²) in [5.74, 6) is -0.901. The predicted molar refractivity (Wildman–Crippen MR) is 70.7 cm³/mol. The highest BCUT2D eigenvalue weighted by atomic mass is 19.3. The maximum Gasteiger partial charge on any atom is 0.387 e. The lowest BCUT2D eigenvalue weighted by Crippen LogP contribution is -2.29. The molecule has 0 bridgehead atoms. The quantitative estimate of drug-likeness (QED) is 0.816. The highest BCUT2D eigenvalue weighted by molar-refractivity contribution is 6.34. The van der Waals surface area contributed by atoms with Gasteiger partial charge in [0, 0.05) is 0 Å². The van der Waals surface area contributed by atoms with Gasteiger partial charge < -0.3 is 4.74 Å². The fourth-order valence-electron chi connectivity index (χ4n) is 2.20. The van der Waals surface area contributed by atoms with Gasteiger partial charge in [0.05, 0.1) is 16.8 Å². The molecule has 21 heavy (non-hydrogen) atoms. The SMILES string of the molecule is O=C1c2ccccc2C(=O)N1c1ccc(OC(F)F)cc1. The molecule has 0 unspecified atom stereocenters. The number of alkyl halides is 2. The topological polar surface area (TPSA) is 46.6 Å². The van der Waals surface area contributed by atoms with Gasteiger partial charge in [-0.05, 0) is 36.4 Å². The van der Waals surface area contributed by atoms with Crippen molar-refractivity contribution in [3.63, 3.8) is 0 Å². The van der Waals surface area contributed by atoms with E-state index in [-0.39, 0.29) is 5.75 Å². The molecule has 2 aromatic rings. The Morgan fingerprint density at radius 3 is 1.86 bits per heavy atom. The molecule has 0 N–H and O–H groups in total. The van der Waals surface area contributed by atoms with Crippen LogP contribution in [0.4, 0.5) is 14.5 Å². The Morgan fingerprint density at radius 1 is 0.857 bits per heavy atom. The summed E-state index contributed by atoms with van der Waals surface area (Å²) in [7, 11) is 0. The zero-order valence-electron chi connectivity index (χ0n) is 10.6. The van der Waals surface area contributed by atoms with Crippen molar-refractivity contribution < 1.29 is 23.1 Å². The molecule has 0 aromatic heterocycles. The molecule has 0 spiro atoms. The number of rotatable bonds is 3. The minimum absolute atomic E-state index is 0.0367. The number of benzene rings is 2. The Labute approximate surface area is 118 Å². The zero-order chi connectivity index (χ0) is 15.0. The van der Waals surface area contributed by atoms with Crippen molar-refractivity contribution in [2.24, 2.45) is 0 Å². The van der Waals surface area contributed by atoms with Gasteiger partial charge in [0.1, 0.15) is 5.75 Å². The molecular formula is C15H9F2NO3. The van der Waals surface area contributed by atoms with Crippen LogP contribution in [0.5, 0.6) is 5.75 Å². The van der Waals surface area contributed by atoms with Crippen molar-refractivity contribution in [3.8, 4) is 5.75 Å². The Morgan fingerprint density at radius 2 is 1.38 bits per heavy atom. The monoisotopic (exact) mass is 289 g/mol. The Balaban J connectivity index is 1.92. The number of hydrogen-bond donors (Lipinski definition) is 0. The van der Waals surface area contributed by atoms with Gasteiger partial charge in [-0.2, -0.15) is 8.78 Å². The van der Waals surface area contributed by atoms with Crippen LogP contribution >= 0.6 is 0 Å². The molecule has 1 heterocycles. The summed E-state index contributed by atoms with van der Waals surface area (Å²) in [5.41, 5.74) is 0.966. The van der Waals surface area contributed by atoms with E-state index < -0.39 is 18.4 Å². The molecule has 3 rings (SSSR count). The van der Waals surface area contributed by atoms with Crippen molar-refractivity contribution in [1.29, 1.82) is 0 Å². The fraction of sp³-hybridized carbons (Fsp3) is 0.0667. The summed E-state index contributed by atoms with van der Waals surface area (Å²) in [6.07, 6.45) is 0. The molecule has 2 aromatic carbocycles. The van der Waals surface area contributed by atoms with Crippen LogP contribution < -0.4 is 9.64 Å². The summed E-state index contributed by atoms with van der Waals surface area (Å²) >= 11 is 0. The molecule has 0 aliphatic carbocycles. The van der Waals surface area contributed by atoms with Gasteiger partial charge in [-0.3, -0.25) is 9.59 Å². The average molecular weight is 289 g/mol. The first-order chi connectivity index (χ1) is 10.1. The number of amides is 2. The molecule has 2 amide bonds. The van der Waals surface area contributed by atoms with Crippen LogP contribution in [0.15, 0.2) is 48.5 Å². The number of hydrogen-bond acceptors (Lipinski definition) is 3. The summed E-state index contributed by atoms with van der Waals surface area (Å²) in [4.78, 5) is 25.5. The number of ether oxygens (including phenoxy) is 1. The molecule has 1 aliphatic rings. The van der Waals surface area contributed by atoms with E-state index >= 15 is 0 Å². The number of carbonyl (C=O) groups excluding carboxylic acids is 2. The first-order valence-corrected chi connectivity index (χ1v) is 6.10. The molecule has 4 nitrogen and oxygen atoms in total. The number of halogens is 2. The number of nitrogens with zero attached hydrogens (tertiary/aromatic N) is 1. The molecule has 0 saturated heterocycles. The van der Waals surface area contributed by atoms with Crippen LogP contribution in [0.2, 0.25) is 0 Å². The largest absolute Gasteiger partial charge is 0.435 e. The van der Waals surface area contributed by atoms with Gasteiger partial charge in [0.25, 0.3) is 11.8 Å². The van der Waals surface area contributed by atoms with Gasteiger partial charge >= 0.3 is 6.61 Å². The minimum Gasteiger partial charge on any atom is -0.435 e. The second kappa shape index (κ2) is 4.97. The third-order valence-corrected chi connectivity index (χ3v) is 3.11. The number of fused-ring (bicyclic) bond motifs is 1. The molecule has 0 atom stereocenters. The highest BCUT2D eigenvalue weighted by Crippen LogP contribution is 2.29. The molecule has 0 fully saturated rings. The van der Waals surface area contributed by atoms with Crippen LogP contribution in [0.25, 0.3) is 0 Å². The number of anilines is 1. The molecule has 6 heteroatoms. The molecule has 106 valence electrons. The predicted octanol–water partition coefficient (Wildman–Crippen LogP) is 3.09. The van der Waals surface area contributed by atoms with Crippen molar-refractivity contribution in [3.05, 3.63) is 59.7 Å². The number of imide groups is 1. The first-order valence-electron chi connectivity index (χ1n) is 6.10. The van der Waals surface area contributed by atoms with E-state index in [1.54, 1.807) is 24.3 Å². The standard InChI is InChI=1S/C15H9F2NO3/c16-15(17)21-10-7-5-9(6-8-10)18-13(19)11-3-1-2-4-12(11)14(18)20/h1-8,15H. The molecular weight excluding hydrogens is 280 g/mol. The first kappa shape index (κ1) is 13.2. The third kappa shape index (κ3) is 2.24. The second-order valence-electron chi connectivity index (χ2n) is 4.36. The normalized spacial score (nSPS) is 13.8. The van der Waals surface area contributed by atoms with Crippen molar-refractivity contribution in [2.45, 2.75) is 6.61 Å². The van der Waals surface area contributed by atoms with Gasteiger partial charge in [0.2, 0.25) is 0 Å². The maximum atomic E-state index is 12.2. The third-order valence-electron chi connectivity index (χ3n) is 3.11. The summed E-state index contributed by atoms with van der Waals surface area (Å²) in [6.45, 7) is -2.92. The Kier molecular flexibility index (Phi) is 3.13. The smallest absolute Gasteiger partial charge is 0.387 e. The van der Waals surface area contributed by atoms with E-state index in [1.165, 1.54) is 24.3 Å². The highest BCUT2D eigenvalue weighted by Gasteiger charge is 2.36. The van der Waals surface area contributed by atoms with Crippen LogP contribution in [0.1, 0.15) is 20.7 Å². The lowest BCUT2D eigenvalue weighted by Gasteiger charge is -2.14. The Bertz CT molecular complexity index is 678. The van der Waals surface area contributed by atoms with Crippen LogP contribution in [-0.2, 0) is 0 Å². The molecule has 1 aliphatic heterocycles. The van der Waals surface area contributed by atoms with E-state index in [0.29, 0.717) is 16.8 Å². The van der Waals surface area contributed by atoms with E-state index in [9.17, 15) is 18.4 Å². The van der Waals surface area contributed by atoms with Gasteiger partial charge in [-0.15, -0.1) is 0 Å². The minimum atomic E-state index is -2.92. The van der Waals surface area contributed by atoms with Gasteiger partial charge in [-0.1, -0.05) is 12.1 Å². The van der Waals surface area contributed by atoms with Crippen molar-refractivity contribution >= 4 is 17.5 Å². The van der Waals surface area contributed by atoms with Crippen LogP contribution in [0.3, 0.4) is 0 Å². The van der Waals surface area contributed by atoms with Gasteiger partial charge in [0.15, 0.2) is 0 Å². The summed E-state index contributed by atoms with van der Waals surface area (Å²) in [5, 5.41) is 0. The number of carbonyl (C=O) groups is 2. The lowest BCUT2D eigenvalue weighted by atomic mass is 10.1. The van der Waals surface area contributed by atoms with Crippen LogP contribution in [-0.4, -0.2) is 18.4 Å². The fourth-order valence-corrected chi connectivity index (χ4v) is 2.20. The second-order valence-corrected chi connectivity index (χ2v) is 4.36. The van der Waals surface area contributed by atoms with Crippen molar-refractivity contribution in [2.75, 3.05) is 4.90 Å².